The van der Waals surface area contributed by atoms with Crippen molar-refractivity contribution in [1.82, 2.24) is 14.9 Å². The highest BCUT2D eigenvalue weighted by molar-refractivity contribution is 5.94. The summed E-state index contributed by atoms with van der Waals surface area (Å²) in [7, 11) is 1.63. The second kappa shape index (κ2) is 9.46. The molecule has 8 heteroatoms. The highest BCUT2D eigenvalue weighted by Crippen LogP contribution is 2.32. The minimum Gasteiger partial charge on any atom is -0.497 e. The van der Waals surface area contributed by atoms with Gasteiger partial charge >= 0.3 is 0 Å². The van der Waals surface area contributed by atoms with E-state index in [9.17, 15) is 4.79 Å². The van der Waals surface area contributed by atoms with Crippen LogP contribution in [0.1, 0.15) is 21.6 Å². The normalized spacial score (nSPS) is 15.7. The third-order valence-electron chi connectivity index (χ3n) is 5.89. The number of rotatable bonds is 5. The van der Waals surface area contributed by atoms with Crippen LogP contribution in [0, 0.1) is 0 Å². The van der Waals surface area contributed by atoms with Gasteiger partial charge in [-0.2, -0.15) is 4.98 Å². The molecule has 5 rings (SSSR count). The summed E-state index contributed by atoms with van der Waals surface area (Å²) in [5.74, 6) is 2.52. The Morgan fingerprint density at radius 3 is 2.39 bits per heavy atom. The summed E-state index contributed by atoms with van der Waals surface area (Å²) in [6.45, 7) is 3.77. The number of nitrogens with zero attached hydrogens (tertiary/aromatic N) is 4. The quantitative estimate of drug-likeness (QED) is 0.595. The molecule has 0 spiro atoms. The van der Waals surface area contributed by atoms with Gasteiger partial charge in [-0.3, -0.25) is 4.79 Å². The van der Waals surface area contributed by atoms with E-state index in [4.69, 9.17) is 24.2 Å². The third-order valence-corrected chi connectivity index (χ3v) is 5.89. The average Bonchev–Trinajstić information content (AvgIpc) is 2.89. The molecular formula is C25H26N4O4. The summed E-state index contributed by atoms with van der Waals surface area (Å²) in [5.41, 5.74) is 2.44. The number of fused-ring (bicyclic) bond motifs is 1. The Labute approximate surface area is 192 Å². The van der Waals surface area contributed by atoms with Crippen LogP contribution in [0.3, 0.4) is 0 Å². The second-order valence-electron chi connectivity index (χ2n) is 7.97. The minimum atomic E-state index is -0.00565. The van der Waals surface area contributed by atoms with Crippen molar-refractivity contribution in [1.29, 1.82) is 0 Å². The van der Waals surface area contributed by atoms with Crippen LogP contribution < -0.4 is 14.4 Å². The Kier molecular flexibility index (Phi) is 6.08. The van der Waals surface area contributed by atoms with Gasteiger partial charge < -0.3 is 24.0 Å². The first-order valence-electron chi connectivity index (χ1n) is 11.1. The second-order valence-corrected chi connectivity index (χ2v) is 7.97. The van der Waals surface area contributed by atoms with Crippen LogP contribution in [0.15, 0.2) is 54.6 Å². The Morgan fingerprint density at radius 2 is 1.67 bits per heavy atom. The summed E-state index contributed by atoms with van der Waals surface area (Å²) >= 11 is 0. The lowest BCUT2D eigenvalue weighted by Crippen LogP contribution is -2.39. The van der Waals surface area contributed by atoms with Crippen LogP contribution in [0.25, 0.3) is 0 Å². The first kappa shape index (κ1) is 21.2. The van der Waals surface area contributed by atoms with Crippen LogP contribution >= 0.6 is 0 Å². The van der Waals surface area contributed by atoms with Crippen LogP contribution in [0.5, 0.6) is 17.4 Å². The molecule has 0 unspecified atom stereocenters. The molecule has 170 valence electrons. The van der Waals surface area contributed by atoms with Crippen molar-refractivity contribution >= 4 is 11.9 Å². The van der Waals surface area contributed by atoms with Crippen LogP contribution in [0.2, 0.25) is 0 Å². The first-order valence-corrected chi connectivity index (χ1v) is 11.1. The highest BCUT2D eigenvalue weighted by Gasteiger charge is 2.28. The van der Waals surface area contributed by atoms with Gasteiger partial charge in [0.25, 0.3) is 5.91 Å². The molecule has 8 nitrogen and oxygen atoms in total. The van der Waals surface area contributed by atoms with E-state index in [2.05, 4.69) is 4.90 Å². The highest BCUT2D eigenvalue weighted by atomic mass is 16.5. The van der Waals surface area contributed by atoms with Crippen LogP contribution in [0.4, 0.5) is 5.95 Å². The van der Waals surface area contributed by atoms with Gasteiger partial charge in [-0.25, -0.2) is 4.98 Å². The van der Waals surface area contributed by atoms with Gasteiger partial charge in [-0.05, 0) is 36.4 Å². The molecule has 1 fully saturated rings. The fraction of sp³-hybridized carbons (Fsp3) is 0.320. The topological polar surface area (TPSA) is 77.0 Å². The van der Waals surface area contributed by atoms with E-state index in [1.54, 1.807) is 7.11 Å². The number of methoxy groups -OCH3 is 1. The number of hydrogen-bond donors (Lipinski definition) is 0. The standard InChI is InChI=1S/C25H26N4O4/c1-31-19-7-9-20(10-8-19)33-23-21-17-29(24(30)18-5-3-2-4-6-18)12-11-22(21)26-25(27-23)28-13-15-32-16-14-28/h2-10H,11-17H2,1H3. The summed E-state index contributed by atoms with van der Waals surface area (Å²) in [4.78, 5) is 26.7. The molecule has 33 heavy (non-hydrogen) atoms. The number of benzene rings is 2. The molecule has 0 N–H and O–H groups in total. The van der Waals surface area contributed by atoms with Gasteiger partial charge in [-0.15, -0.1) is 0 Å². The molecule has 2 aliphatic rings. The smallest absolute Gasteiger partial charge is 0.254 e. The predicted molar refractivity (Wildman–Crippen MR) is 123 cm³/mol. The fourth-order valence-electron chi connectivity index (χ4n) is 4.05. The summed E-state index contributed by atoms with van der Waals surface area (Å²) in [5, 5.41) is 0. The molecule has 1 aromatic heterocycles. The van der Waals surface area contributed by atoms with Gasteiger partial charge in [0.05, 0.1) is 38.1 Å². The van der Waals surface area contributed by atoms with Gasteiger partial charge in [0.15, 0.2) is 0 Å². The minimum absolute atomic E-state index is 0.00565. The predicted octanol–water partition coefficient (Wildman–Crippen LogP) is 3.31. The SMILES string of the molecule is COc1ccc(Oc2nc(N3CCOCC3)nc3c2CN(C(=O)c2ccccc2)CC3)cc1. The van der Waals surface area contributed by atoms with E-state index in [0.29, 0.717) is 55.9 Å². The Balaban J connectivity index is 1.47. The molecule has 0 aliphatic carbocycles. The largest absolute Gasteiger partial charge is 0.497 e. The van der Waals surface area contributed by atoms with Crippen molar-refractivity contribution in [2.45, 2.75) is 13.0 Å². The van der Waals surface area contributed by atoms with Crippen molar-refractivity contribution in [3.63, 3.8) is 0 Å². The van der Waals surface area contributed by atoms with Crippen molar-refractivity contribution in [2.24, 2.45) is 0 Å². The molecule has 0 bridgehead atoms. The molecule has 2 aliphatic heterocycles. The number of hydrogen-bond acceptors (Lipinski definition) is 7. The lowest BCUT2D eigenvalue weighted by Gasteiger charge is -2.32. The summed E-state index contributed by atoms with van der Waals surface area (Å²) in [6, 6.07) is 16.7. The molecular weight excluding hydrogens is 420 g/mol. The Hall–Kier alpha value is -3.65. The van der Waals surface area contributed by atoms with Gasteiger partial charge in [0.1, 0.15) is 11.5 Å². The lowest BCUT2D eigenvalue weighted by atomic mass is 10.1. The van der Waals surface area contributed by atoms with Crippen molar-refractivity contribution in [3.05, 3.63) is 71.4 Å². The van der Waals surface area contributed by atoms with Crippen molar-refractivity contribution in [3.8, 4) is 17.4 Å². The van der Waals surface area contributed by atoms with E-state index in [1.165, 1.54) is 0 Å². The molecule has 3 aromatic rings. The van der Waals surface area contributed by atoms with E-state index in [0.717, 1.165) is 30.1 Å². The van der Waals surface area contributed by atoms with E-state index < -0.39 is 0 Å². The number of aromatic nitrogens is 2. The zero-order chi connectivity index (χ0) is 22.6. The maximum atomic E-state index is 13.1. The van der Waals surface area contributed by atoms with Gasteiger partial charge in [0.2, 0.25) is 11.8 Å². The number of morpholine rings is 1. The molecule has 0 saturated carbocycles. The fourth-order valence-corrected chi connectivity index (χ4v) is 4.05. The summed E-state index contributed by atoms with van der Waals surface area (Å²) in [6.07, 6.45) is 0.646. The van der Waals surface area contributed by atoms with Crippen LogP contribution in [-0.4, -0.2) is 60.7 Å². The molecule has 0 radical (unpaired) electrons. The number of carbonyl (C=O) groups excluding carboxylic acids is 1. The van der Waals surface area contributed by atoms with E-state index >= 15 is 0 Å². The molecule has 3 heterocycles. The molecule has 2 aromatic carbocycles. The molecule has 0 atom stereocenters. The monoisotopic (exact) mass is 446 g/mol. The maximum absolute atomic E-state index is 13.1. The maximum Gasteiger partial charge on any atom is 0.254 e. The number of ether oxygens (including phenoxy) is 3. The zero-order valence-corrected chi connectivity index (χ0v) is 18.6. The molecule has 1 saturated heterocycles. The Bertz CT molecular complexity index is 1120. The van der Waals surface area contributed by atoms with Gasteiger partial charge in [0, 0.05) is 31.6 Å². The molecule has 1 amide bonds. The average molecular weight is 447 g/mol. The lowest BCUT2D eigenvalue weighted by molar-refractivity contribution is 0.0731. The first-order chi connectivity index (χ1) is 16.2. The van der Waals surface area contributed by atoms with Crippen molar-refractivity contribution in [2.75, 3.05) is 44.9 Å². The third kappa shape index (κ3) is 4.61. The van der Waals surface area contributed by atoms with E-state index in [-0.39, 0.29) is 5.91 Å². The zero-order valence-electron chi connectivity index (χ0n) is 18.6. The van der Waals surface area contributed by atoms with Crippen LogP contribution in [-0.2, 0) is 17.7 Å². The van der Waals surface area contributed by atoms with Crippen molar-refractivity contribution < 1.29 is 19.0 Å². The number of carbonyl (C=O) groups is 1. The number of amides is 1. The van der Waals surface area contributed by atoms with Gasteiger partial charge in [-0.1, -0.05) is 18.2 Å². The summed E-state index contributed by atoms with van der Waals surface area (Å²) < 4.78 is 17.0. The number of anilines is 1. The van der Waals surface area contributed by atoms with E-state index in [1.807, 2.05) is 59.5 Å². The Morgan fingerprint density at radius 1 is 0.939 bits per heavy atom.